The SMILES string of the molecule is CC(C)(C)OC(=O)c1ncn2c1[C@@H]1CCCN1C(=O)c1c(Br)cccc1-2.O=C1CN=C(c2ccccc2)c2c(sc3c2CCCC3)N1. The van der Waals surface area contributed by atoms with Crippen LogP contribution in [0.3, 0.4) is 0 Å². The highest BCUT2D eigenvalue weighted by molar-refractivity contribution is 9.10. The van der Waals surface area contributed by atoms with Crippen molar-refractivity contribution in [1.82, 2.24) is 14.5 Å². The summed E-state index contributed by atoms with van der Waals surface area (Å²) in [6, 6.07) is 15.6. The third kappa shape index (κ3) is 5.95. The molecule has 4 aliphatic rings. The molecule has 11 heteroatoms. The van der Waals surface area contributed by atoms with E-state index in [1.54, 1.807) is 17.7 Å². The molecule has 4 aromatic rings. The van der Waals surface area contributed by atoms with Gasteiger partial charge in [0, 0.05) is 27.0 Å². The van der Waals surface area contributed by atoms with Crippen LogP contribution in [0.25, 0.3) is 5.69 Å². The average molecular weight is 715 g/mol. The summed E-state index contributed by atoms with van der Waals surface area (Å²) in [5.74, 6) is -0.487. The summed E-state index contributed by atoms with van der Waals surface area (Å²) in [5.41, 5.74) is 6.41. The molecule has 1 aliphatic carbocycles. The summed E-state index contributed by atoms with van der Waals surface area (Å²) >= 11 is 5.25. The smallest absolute Gasteiger partial charge is 0.359 e. The highest BCUT2D eigenvalue weighted by Crippen LogP contribution is 2.42. The molecule has 1 fully saturated rings. The molecule has 47 heavy (non-hydrogen) atoms. The molecule has 0 spiro atoms. The molecule has 242 valence electrons. The predicted molar refractivity (Wildman–Crippen MR) is 186 cm³/mol. The number of thiophene rings is 1. The Morgan fingerprint density at radius 1 is 1.02 bits per heavy atom. The van der Waals surface area contributed by atoms with Crippen LogP contribution >= 0.6 is 27.3 Å². The molecular weight excluding hydrogens is 678 g/mol. The van der Waals surface area contributed by atoms with Gasteiger partial charge in [-0.05, 0) is 92.9 Å². The Morgan fingerprint density at radius 3 is 2.60 bits per heavy atom. The van der Waals surface area contributed by atoms with Crippen molar-refractivity contribution >= 4 is 55.8 Å². The molecule has 1 atom stereocenters. The topological polar surface area (TPSA) is 106 Å². The predicted octanol–water partition coefficient (Wildman–Crippen LogP) is 7.30. The number of carbonyl (C=O) groups is 3. The molecule has 5 heterocycles. The summed E-state index contributed by atoms with van der Waals surface area (Å²) in [7, 11) is 0. The number of aliphatic imine (C=N–C) groups is 1. The number of ether oxygens (including phenoxy) is 1. The Morgan fingerprint density at radius 2 is 1.81 bits per heavy atom. The van der Waals surface area contributed by atoms with Crippen LogP contribution in [-0.4, -0.2) is 56.6 Å². The molecule has 8 rings (SSSR count). The second-order valence-electron chi connectivity index (χ2n) is 13.1. The van der Waals surface area contributed by atoms with Gasteiger partial charge in [0.25, 0.3) is 5.91 Å². The highest BCUT2D eigenvalue weighted by Gasteiger charge is 2.41. The number of halogens is 1. The van der Waals surface area contributed by atoms with Crippen LogP contribution in [0.5, 0.6) is 0 Å². The lowest BCUT2D eigenvalue weighted by molar-refractivity contribution is -0.114. The fraction of sp³-hybridized carbons (Fsp3) is 0.361. The van der Waals surface area contributed by atoms with Crippen molar-refractivity contribution in [2.45, 2.75) is 70.9 Å². The number of imidazole rings is 1. The lowest BCUT2D eigenvalue weighted by atomic mass is 9.91. The third-order valence-electron chi connectivity index (χ3n) is 8.78. The lowest BCUT2D eigenvalue weighted by Gasteiger charge is -2.24. The van der Waals surface area contributed by atoms with Gasteiger partial charge < -0.3 is 15.0 Å². The Labute approximate surface area is 286 Å². The van der Waals surface area contributed by atoms with Gasteiger partial charge in [-0.1, -0.05) is 36.4 Å². The standard InChI is InChI=1S/C19H20BrN3O3.C17H16N2OS/c1-19(2,3)26-18(25)15-16-13-8-5-9-22(13)17(24)14-11(20)6-4-7-12(14)23(16)10-21-15;20-14-10-18-16(11-6-2-1-3-7-11)15-12-8-4-5-9-13(12)21-17(15)19-14/h4,6-7,10,13H,5,8-9H2,1-3H3;1-3,6-7H,4-5,8-10H2,(H,19,20)/t13-;/m0./s1. The Hall–Kier alpha value is -4.09. The molecule has 1 N–H and O–H groups in total. The van der Waals surface area contributed by atoms with E-state index in [0.717, 1.165) is 57.8 Å². The van der Waals surface area contributed by atoms with E-state index in [9.17, 15) is 14.4 Å². The van der Waals surface area contributed by atoms with Gasteiger partial charge in [0.1, 0.15) is 23.5 Å². The maximum Gasteiger partial charge on any atom is 0.359 e. The van der Waals surface area contributed by atoms with E-state index in [2.05, 4.69) is 43.4 Å². The van der Waals surface area contributed by atoms with Crippen molar-refractivity contribution in [3.05, 3.63) is 97.8 Å². The van der Waals surface area contributed by atoms with Gasteiger partial charge in [0.15, 0.2) is 5.69 Å². The van der Waals surface area contributed by atoms with E-state index in [-0.39, 0.29) is 30.1 Å². The third-order valence-corrected chi connectivity index (χ3v) is 10.6. The molecule has 2 amide bonds. The number of amides is 2. The molecule has 0 radical (unpaired) electrons. The van der Waals surface area contributed by atoms with E-state index in [1.165, 1.54) is 28.8 Å². The minimum atomic E-state index is -0.607. The first-order chi connectivity index (χ1) is 22.6. The molecule has 0 unspecified atom stereocenters. The Kier molecular flexibility index (Phi) is 8.38. The van der Waals surface area contributed by atoms with E-state index < -0.39 is 11.6 Å². The van der Waals surface area contributed by atoms with Crippen molar-refractivity contribution in [2.24, 2.45) is 4.99 Å². The zero-order valence-corrected chi connectivity index (χ0v) is 29.0. The second kappa shape index (κ2) is 12.5. The summed E-state index contributed by atoms with van der Waals surface area (Å²) in [5, 5.41) is 4.04. The van der Waals surface area contributed by atoms with Gasteiger partial charge in [0.2, 0.25) is 5.91 Å². The normalized spacial score (nSPS) is 18.2. The van der Waals surface area contributed by atoms with Gasteiger partial charge in [-0.2, -0.15) is 0 Å². The zero-order chi connectivity index (χ0) is 32.9. The van der Waals surface area contributed by atoms with Crippen LogP contribution in [-0.2, 0) is 22.4 Å². The van der Waals surface area contributed by atoms with Crippen LogP contribution in [0.1, 0.15) is 101 Å². The first-order valence-corrected chi connectivity index (χ1v) is 17.7. The number of aromatic nitrogens is 2. The molecule has 2 aromatic carbocycles. The number of hydrogen-bond acceptors (Lipinski definition) is 7. The molecule has 0 bridgehead atoms. The van der Waals surface area contributed by atoms with Crippen molar-refractivity contribution in [2.75, 3.05) is 18.4 Å². The highest BCUT2D eigenvalue weighted by atomic mass is 79.9. The quantitative estimate of drug-likeness (QED) is 0.220. The number of fused-ring (bicyclic) bond motifs is 8. The maximum atomic E-state index is 13.2. The molecule has 1 saturated heterocycles. The lowest BCUT2D eigenvalue weighted by Crippen LogP contribution is -2.31. The van der Waals surface area contributed by atoms with Crippen LogP contribution in [0.15, 0.2) is 64.3 Å². The summed E-state index contributed by atoms with van der Waals surface area (Å²) < 4.78 is 8.16. The minimum Gasteiger partial charge on any atom is -0.455 e. The number of hydrogen-bond donors (Lipinski definition) is 1. The molecule has 0 saturated carbocycles. The molecule has 3 aliphatic heterocycles. The van der Waals surface area contributed by atoms with Crippen LogP contribution in [0.2, 0.25) is 0 Å². The van der Waals surface area contributed by atoms with Crippen molar-refractivity contribution in [3.63, 3.8) is 0 Å². The number of carbonyl (C=O) groups excluding carboxylic acids is 3. The molecular formula is C36H36BrN5O4S. The number of aryl methyl sites for hydroxylation is 1. The number of esters is 1. The van der Waals surface area contributed by atoms with Crippen LogP contribution in [0.4, 0.5) is 5.00 Å². The largest absolute Gasteiger partial charge is 0.455 e. The number of anilines is 1. The van der Waals surface area contributed by atoms with Crippen LogP contribution < -0.4 is 5.32 Å². The number of nitrogens with one attached hydrogen (secondary N) is 1. The number of nitrogens with zero attached hydrogens (tertiary/aromatic N) is 4. The van der Waals surface area contributed by atoms with E-state index >= 15 is 0 Å². The van der Waals surface area contributed by atoms with E-state index in [0.29, 0.717) is 12.1 Å². The van der Waals surface area contributed by atoms with Gasteiger partial charge in [-0.15, -0.1) is 11.3 Å². The maximum absolute atomic E-state index is 13.2. The fourth-order valence-corrected chi connectivity index (χ4v) is 8.68. The zero-order valence-electron chi connectivity index (χ0n) is 26.6. The summed E-state index contributed by atoms with van der Waals surface area (Å²) in [6.07, 6.45) is 8.03. The molecule has 2 aromatic heterocycles. The van der Waals surface area contributed by atoms with Crippen LogP contribution in [0, 0.1) is 0 Å². The van der Waals surface area contributed by atoms with Gasteiger partial charge in [0.05, 0.1) is 28.7 Å². The average Bonchev–Trinajstić information content (AvgIpc) is 3.74. The fourth-order valence-electron chi connectivity index (χ4n) is 6.85. The Bertz CT molecular complexity index is 1920. The monoisotopic (exact) mass is 713 g/mol. The van der Waals surface area contributed by atoms with E-state index in [1.807, 2.05) is 66.6 Å². The number of benzene rings is 2. The summed E-state index contributed by atoms with van der Waals surface area (Å²) in [4.78, 5) is 50.1. The minimum absolute atomic E-state index is 0.0132. The van der Waals surface area contributed by atoms with E-state index in [4.69, 9.17) is 4.74 Å². The second-order valence-corrected chi connectivity index (χ2v) is 15.1. The first kappa shape index (κ1) is 31.5. The van der Waals surface area contributed by atoms with Crippen molar-refractivity contribution in [1.29, 1.82) is 0 Å². The summed E-state index contributed by atoms with van der Waals surface area (Å²) in [6.45, 7) is 6.37. The van der Waals surface area contributed by atoms with Gasteiger partial charge in [-0.3, -0.25) is 19.1 Å². The van der Waals surface area contributed by atoms with Crippen molar-refractivity contribution < 1.29 is 19.1 Å². The Balaban J connectivity index is 0.000000153. The van der Waals surface area contributed by atoms with Gasteiger partial charge >= 0.3 is 5.97 Å². The van der Waals surface area contributed by atoms with Gasteiger partial charge in [-0.25, -0.2) is 9.78 Å². The number of rotatable bonds is 2. The molecule has 9 nitrogen and oxygen atoms in total. The first-order valence-electron chi connectivity index (χ1n) is 16.1. The van der Waals surface area contributed by atoms with Crippen molar-refractivity contribution in [3.8, 4) is 5.69 Å².